The van der Waals surface area contributed by atoms with Gasteiger partial charge in [0.25, 0.3) is 0 Å². The number of nitrogens with zero attached hydrogens (tertiary/aromatic N) is 4. The molecule has 4 rings (SSSR count). The normalized spacial score (nSPS) is 24.5. The number of nitrogens with two attached hydrogens (primary N) is 1. The molecule has 1 aliphatic carbocycles. The van der Waals surface area contributed by atoms with Crippen LogP contribution in [0.1, 0.15) is 83.4 Å². The molecule has 234 valence electrons. The monoisotopic (exact) mass is 593 g/mol. The molecular weight excluding hydrogens is 550 g/mol. The highest BCUT2D eigenvalue weighted by molar-refractivity contribution is 5.92. The van der Waals surface area contributed by atoms with E-state index in [-0.39, 0.29) is 44.9 Å². The highest BCUT2D eigenvalue weighted by Crippen LogP contribution is 2.34. The Bertz CT molecular complexity index is 1140. The second kappa shape index (κ2) is 12.9. The standard InChI is InChI=1S/C27H43N7O8/c1-26(2,41)20-14-29-32-34(20)17-13-19(23(37)31-27(21(35)22(28)36)8-10-42-11-9-27)33(15-17)24(38)18(30-25(39)40)12-16-6-4-3-5-7-16/h14,16-19,21,30,35,41H,3-13,15H2,1-2H3,(H2,28,36)(H,31,37)(H,39,40)/t17-,18?,19-,21?/m0/s1. The molecule has 1 aromatic rings. The SMILES string of the molecule is CC(C)(O)c1cnnn1[C@H]1C[C@@H](C(=O)NC2(C(O)C(N)=O)CCOCC2)N(C(=O)C(CC2CCCCC2)NC(=O)O)C1. The zero-order valence-electron chi connectivity index (χ0n) is 24.2. The Labute approximate surface area is 244 Å². The number of primary amides is 1. The highest BCUT2D eigenvalue weighted by atomic mass is 16.5. The molecule has 3 heterocycles. The van der Waals surface area contributed by atoms with Crippen molar-refractivity contribution < 1.29 is 39.2 Å². The Morgan fingerprint density at radius 3 is 2.45 bits per heavy atom. The van der Waals surface area contributed by atoms with Crippen LogP contribution in [0, 0.1) is 5.92 Å². The van der Waals surface area contributed by atoms with Crippen molar-refractivity contribution in [3.05, 3.63) is 11.9 Å². The largest absolute Gasteiger partial charge is 0.465 e. The first-order chi connectivity index (χ1) is 19.8. The number of nitrogens with one attached hydrogen (secondary N) is 2. The molecule has 2 saturated heterocycles. The van der Waals surface area contributed by atoms with Crippen LogP contribution in [0.25, 0.3) is 0 Å². The number of aromatic nitrogens is 3. The Morgan fingerprint density at radius 2 is 1.86 bits per heavy atom. The molecule has 2 aliphatic heterocycles. The number of amides is 4. The number of carboxylic acid groups (broad SMARTS) is 1. The van der Waals surface area contributed by atoms with E-state index >= 15 is 0 Å². The molecule has 1 saturated carbocycles. The van der Waals surface area contributed by atoms with Gasteiger partial charge in [-0.15, -0.1) is 5.10 Å². The van der Waals surface area contributed by atoms with Crippen molar-refractivity contribution in [2.45, 2.75) is 107 Å². The Hall–Kier alpha value is -3.30. The van der Waals surface area contributed by atoms with Crippen LogP contribution >= 0.6 is 0 Å². The first-order valence-corrected chi connectivity index (χ1v) is 14.6. The van der Waals surface area contributed by atoms with Crippen LogP contribution in [-0.4, -0.2) is 103 Å². The minimum Gasteiger partial charge on any atom is -0.465 e. The lowest BCUT2D eigenvalue weighted by atomic mass is 9.83. The number of aliphatic hydroxyl groups excluding tert-OH is 1. The number of ether oxygens (including phenoxy) is 1. The molecule has 3 fully saturated rings. The second-order valence-corrected chi connectivity index (χ2v) is 12.3. The molecule has 42 heavy (non-hydrogen) atoms. The van der Waals surface area contributed by atoms with Crippen molar-refractivity contribution in [1.29, 1.82) is 0 Å². The maximum atomic E-state index is 14.1. The fourth-order valence-corrected chi connectivity index (χ4v) is 6.56. The lowest BCUT2D eigenvalue weighted by Crippen LogP contribution is -2.65. The van der Waals surface area contributed by atoms with Crippen LogP contribution in [0.5, 0.6) is 0 Å². The second-order valence-electron chi connectivity index (χ2n) is 12.3. The van der Waals surface area contributed by atoms with Gasteiger partial charge in [-0.25, -0.2) is 9.48 Å². The van der Waals surface area contributed by atoms with Crippen LogP contribution in [0.3, 0.4) is 0 Å². The fourth-order valence-electron chi connectivity index (χ4n) is 6.56. The van der Waals surface area contributed by atoms with Gasteiger partial charge < -0.3 is 41.3 Å². The van der Waals surface area contributed by atoms with Gasteiger partial charge in [-0.3, -0.25) is 14.4 Å². The van der Waals surface area contributed by atoms with Gasteiger partial charge in [-0.1, -0.05) is 37.3 Å². The van der Waals surface area contributed by atoms with Crippen molar-refractivity contribution in [2.75, 3.05) is 19.8 Å². The van der Waals surface area contributed by atoms with Gasteiger partial charge in [0.1, 0.15) is 17.7 Å². The Morgan fingerprint density at radius 1 is 1.19 bits per heavy atom. The van der Waals surface area contributed by atoms with Crippen LogP contribution < -0.4 is 16.4 Å². The summed E-state index contributed by atoms with van der Waals surface area (Å²) < 4.78 is 6.87. The van der Waals surface area contributed by atoms with E-state index in [2.05, 4.69) is 20.9 Å². The summed E-state index contributed by atoms with van der Waals surface area (Å²) in [7, 11) is 0. The molecule has 0 aromatic carbocycles. The van der Waals surface area contributed by atoms with Crippen molar-refractivity contribution in [3.63, 3.8) is 0 Å². The number of hydrogen-bond donors (Lipinski definition) is 6. The molecule has 2 unspecified atom stereocenters. The van der Waals surface area contributed by atoms with E-state index in [1.54, 1.807) is 13.8 Å². The molecule has 7 N–H and O–H groups in total. The maximum absolute atomic E-state index is 14.1. The lowest BCUT2D eigenvalue weighted by Gasteiger charge is -2.41. The van der Waals surface area contributed by atoms with E-state index < -0.39 is 59.2 Å². The van der Waals surface area contributed by atoms with Crippen LogP contribution in [-0.2, 0) is 24.7 Å². The zero-order chi connectivity index (χ0) is 30.7. The molecule has 15 heteroatoms. The van der Waals surface area contributed by atoms with Crippen molar-refractivity contribution in [1.82, 2.24) is 30.5 Å². The van der Waals surface area contributed by atoms with E-state index in [1.165, 1.54) is 15.8 Å². The molecule has 4 atom stereocenters. The van der Waals surface area contributed by atoms with Crippen molar-refractivity contribution in [3.8, 4) is 0 Å². The fraction of sp³-hybridized carbons (Fsp3) is 0.778. The van der Waals surface area contributed by atoms with E-state index in [0.29, 0.717) is 12.1 Å². The molecular formula is C27H43N7O8. The topological polar surface area (TPSA) is 222 Å². The summed E-state index contributed by atoms with van der Waals surface area (Å²) in [6, 6.07) is -2.73. The van der Waals surface area contributed by atoms with Crippen LogP contribution in [0.2, 0.25) is 0 Å². The van der Waals surface area contributed by atoms with Gasteiger partial charge in [0, 0.05) is 26.2 Å². The smallest absolute Gasteiger partial charge is 0.405 e. The van der Waals surface area contributed by atoms with Crippen molar-refractivity contribution in [2.24, 2.45) is 11.7 Å². The van der Waals surface area contributed by atoms with Crippen LogP contribution in [0.4, 0.5) is 4.79 Å². The van der Waals surface area contributed by atoms with Gasteiger partial charge in [0.15, 0.2) is 6.10 Å². The quantitative estimate of drug-likeness (QED) is 0.209. The number of rotatable bonds is 10. The first-order valence-electron chi connectivity index (χ1n) is 14.6. The molecule has 4 amide bonds. The summed E-state index contributed by atoms with van der Waals surface area (Å²) in [5, 5.41) is 44.2. The Kier molecular flexibility index (Phi) is 9.73. The van der Waals surface area contributed by atoms with Gasteiger partial charge in [0.2, 0.25) is 17.7 Å². The minimum absolute atomic E-state index is 0.000307. The summed E-state index contributed by atoms with van der Waals surface area (Å²) in [5.41, 5.74) is 3.10. The van der Waals surface area contributed by atoms with E-state index in [4.69, 9.17) is 10.5 Å². The molecule has 1 aromatic heterocycles. The predicted octanol–water partition coefficient (Wildman–Crippen LogP) is -0.234. The summed E-state index contributed by atoms with van der Waals surface area (Å²) in [6.45, 7) is 3.50. The maximum Gasteiger partial charge on any atom is 0.405 e. The van der Waals surface area contributed by atoms with Gasteiger partial charge in [0.05, 0.1) is 23.5 Å². The summed E-state index contributed by atoms with van der Waals surface area (Å²) in [6.07, 6.45) is 3.93. The van der Waals surface area contributed by atoms with Gasteiger partial charge in [-0.05, 0) is 39.0 Å². The highest BCUT2D eigenvalue weighted by Gasteiger charge is 2.49. The van der Waals surface area contributed by atoms with E-state index in [9.17, 15) is 34.5 Å². The summed E-state index contributed by atoms with van der Waals surface area (Å²) in [4.78, 5) is 53.1. The number of likely N-dealkylation sites (tertiary alicyclic amines) is 1. The summed E-state index contributed by atoms with van der Waals surface area (Å²) in [5.74, 6) is -2.00. The van der Waals surface area contributed by atoms with Crippen molar-refractivity contribution >= 4 is 23.8 Å². The average molecular weight is 594 g/mol. The minimum atomic E-state index is -1.68. The number of aliphatic hydroxyl groups is 2. The van der Waals surface area contributed by atoms with E-state index in [1.807, 2.05) is 0 Å². The third kappa shape index (κ3) is 7.01. The number of carbonyl (C=O) groups is 4. The van der Waals surface area contributed by atoms with Gasteiger partial charge >= 0.3 is 6.09 Å². The zero-order valence-corrected chi connectivity index (χ0v) is 24.2. The Balaban J connectivity index is 1.65. The average Bonchev–Trinajstić information content (AvgIpc) is 3.61. The van der Waals surface area contributed by atoms with E-state index in [0.717, 1.165) is 32.1 Å². The van der Waals surface area contributed by atoms with Gasteiger partial charge in [-0.2, -0.15) is 0 Å². The molecule has 15 nitrogen and oxygen atoms in total. The third-order valence-corrected chi connectivity index (χ3v) is 8.85. The molecule has 3 aliphatic rings. The number of hydrogen-bond acceptors (Lipinski definition) is 9. The van der Waals surface area contributed by atoms with Crippen LogP contribution in [0.15, 0.2) is 6.20 Å². The number of carbonyl (C=O) groups excluding carboxylic acids is 3. The summed E-state index contributed by atoms with van der Waals surface area (Å²) >= 11 is 0. The lowest BCUT2D eigenvalue weighted by molar-refractivity contribution is -0.145. The molecule has 0 spiro atoms. The molecule has 0 radical (unpaired) electrons. The third-order valence-electron chi connectivity index (χ3n) is 8.85. The predicted molar refractivity (Wildman–Crippen MR) is 147 cm³/mol. The molecule has 0 bridgehead atoms. The first kappa shape index (κ1) is 31.6.